The molecule has 0 radical (unpaired) electrons. The highest BCUT2D eigenvalue weighted by Gasteiger charge is 2.32. The summed E-state index contributed by atoms with van der Waals surface area (Å²) < 4.78 is 5.39. The van der Waals surface area contributed by atoms with E-state index < -0.39 is 0 Å². The monoisotopic (exact) mass is 382 g/mol. The highest BCUT2D eigenvalue weighted by atomic mass is 79.9. The van der Waals surface area contributed by atoms with Crippen LogP contribution in [0, 0.1) is 0 Å². The average molecular weight is 385 g/mol. The van der Waals surface area contributed by atoms with Crippen LogP contribution in [0.25, 0.3) is 0 Å². The molecular formula is C13H17Br2ClO. The first-order valence-corrected chi connectivity index (χ1v) is 8.11. The highest BCUT2D eigenvalue weighted by Crippen LogP contribution is 2.35. The zero-order valence-corrected chi connectivity index (χ0v) is 14.0. The molecule has 1 nitrogen and oxygen atoms in total. The zero-order valence-electron chi connectivity index (χ0n) is 10.1. The maximum Gasteiger partial charge on any atom is 0.0552 e. The van der Waals surface area contributed by atoms with Crippen molar-refractivity contribution in [2.24, 2.45) is 0 Å². The molecule has 0 aliphatic heterocycles. The second-order valence-corrected chi connectivity index (χ2v) is 5.87. The number of methoxy groups -OCH3 is 1. The lowest BCUT2D eigenvalue weighted by Gasteiger charge is -2.33. The van der Waals surface area contributed by atoms with Gasteiger partial charge in [-0.15, -0.1) is 0 Å². The van der Waals surface area contributed by atoms with Crippen LogP contribution in [0.3, 0.4) is 0 Å². The van der Waals surface area contributed by atoms with Crippen LogP contribution in [0.2, 0.25) is 5.02 Å². The summed E-state index contributed by atoms with van der Waals surface area (Å²) in [6.45, 7) is 2.09. The van der Waals surface area contributed by atoms with Crippen molar-refractivity contribution in [1.29, 1.82) is 0 Å². The van der Waals surface area contributed by atoms with Crippen LogP contribution < -0.4 is 0 Å². The first-order valence-electron chi connectivity index (χ1n) is 5.49. The summed E-state index contributed by atoms with van der Waals surface area (Å²) in [5.41, 5.74) is 1.25. The molecule has 1 rings (SSSR count). The van der Waals surface area contributed by atoms with Crippen LogP contribution in [-0.2, 0) is 10.2 Å². The minimum Gasteiger partial charge on any atom is -0.382 e. The molecule has 0 heterocycles. The van der Waals surface area contributed by atoms with Gasteiger partial charge in [0.15, 0.2) is 0 Å². The summed E-state index contributed by atoms with van der Waals surface area (Å²) >= 11 is 13.3. The SMILES string of the molecule is COC(C)CC(CBr)(CBr)c1cccc(Cl)c1. The molecule has 0 aliphatic rings. The first kappa shape index (κ1) is 15.5. The van der Waals surface area contributed by atoms with E-state index in [1.165, 1.54) is 5.56 Å². The number of alkyl halides is 2. The Hall–Kier alpha value is 0.430. The van der Waals surface area contributed by atoms with E-state index in [0.29, 0.717) is 0 Å². The molecule has 1 aromatic rings. The topological polar surface area (TPSA) is 9.23 Å². The lowest BCUT2D eigenvalue weighted by molar-refractivity contribution is 0.0945. The van der Waals surface area contributed by atoms with Gasteiger partial charge in [-0.3, -0.25) is 0 Å². The van der Waals surface area contributed by atoms with Gasteiger partial charge in [0.25, 0.3) is 0 Å². The van der Waals surface area contributed by atoms with Gasteiger partial charge in [-0.25, -0.2) is 0 Å². The second-order valence-electron chi connectivity index (χ2n) is 4.31. The third-order valence-electron chi connectivity index (χ3n) is 3.03. The zero-order chi connectivity index (χ0) is 12.9. The van der Waals surface area contributed by atoms with Crippen molar-refractivity contribution >= 4 is 43.5 Å². The van der Waals surface area contributed by atoms with Crippen molar-refractivity contribution in [3.8, 4) is 0 Å². The van der Waals surface area contributed by atoms with Crippen LogP contribution in [0.1, 0.15) is 18.9 Å². The summed E-state index contributed by atoms with van der Waals surface area (Å²) in [7, 11) is 1.75. The second kappa shape index (κ2) is 7.13. The van der Waals surface area contributed by atoms with Crippen LogP contribution in [-0.4, -0.2) is 23.9 Å². The Balaban J connectivity index is 3.06. The predicted molar refractivity (Wildman–Crippen MR) is 81.8 cm³/mol. The Morgan fingerprint density at radius 1 is 1.35 bits per heavy atom. The fourth-order valence-corrected chi connectivity index (χ4v) is 4.09. The van der Waals surface area contributed by atoms with Gasteiger partial charge in [-0.05, 0) is 31.0 Å². The molecule has 0 aromatic heterocycles. The summed E-state index contributed by atoms with van der Waals surface area (Å²) in [5.74, 6) is 0. The molecular weight excluding hydrogens is 367 g/mol. The molecule has 0 amide bonds. The van der Waals surface area contributed by atoms with Gasteiger partial charge in [-0.1, -0.05) is 55.6 Å². The maximum atomic E-state index is 6.07. The lowest BCUT2D eigenvalue weighted by atomic mass is 9.80. The quantitative estimate of drug-likeness (QED) is 0.641. The number of benzene rings is 1. The summed E-state index contributed by atoms with van der Waals surface area (Å²) in [6.07, 6.45) is 1.16. The van der Waals surface area contributed by atoms with Crippen molar-refractivity contribution < 1.29 is 4.74 Å². The van der Waals surface area contributed by atoms with Gasteiger partial charge < -0.3 is 4.74 Å². The molecule has 0 spiro atoms. The Morgan fingerprint density at radius 3 is 2.47 bits per heavy atom. The lowest BCUT2D eigenvalue weighted by Crippen LogP contribution is -2.34. The Bertz CT molecular complexity index is 353. The van der Waals surface area contributed by atoms with Crippen molar-refractivity contribution in [2.45, 2.75) is 24.9 Å². The first-order chi connectivity index (χ1) is 8.07. The van der Waals surface area contributed by atoms with Gasteiger partial charge in [-0.2, -0.15) is 0 Å². The summed E-state index contributed by atoms with van der Waals surface area (Å²) in [5, 5.41) is 2.53. The molecule has 1 unspecified atom stereocenters. The van der Waals surface area contributed by atoms with Gasteiger partial charge in [0.2, 0.25) is 0 Å². The Labute approximate surface area is 125 Å². The Morgan fingerprint density at radius 2 is 2.00 bits per heavy atom. The molecule has 17 heavy (non-hydrogen) atoms. The molecule has 0 aliphatic carbocycles. The standard InChI is InChI=1S/C13H17Br2ClO/c1-10(17-2)7-13(8-14,9-15)11-4-3-5-12(16)6-11/h3-6,10H,7-9H2,1-2H3. The Kier molecular flexibility index (Phi) is 6.49. The normalized spacial score (nSPS) is 13.7. The van der Waals surface area contributed by atoms with Crippen molar-refractivity contribution in [1.82, 2.24) is 0 Å². The van der Waals surface area contributed by atoms with E-state index in [0.717, 1.165) is 22.1 Å². The van der Waals surface area contributed by atoms with E-state index in [9.17, 15) is 0 Å². The predicted octanol–water partition coefficient (Wildman–Crippen LogP) is 4.79. The van der Waals surface area contributed by atoms with E-state index in [-0.39, 0.29) is 11.5 Å². The van der Waals surface area contributed by atoms with E-state index in [1.807, 2.05) is 18.2 Å². The van der Waals surface area contributed by atoms with Crippen LogP contribution >= 0.6 is 43.5 Å². The fraction of sp³-hybridized carbons (Fsp3) is 0.538. The molecule has 4 heteroatoms. The maximum absolute atomic E-state index is 6.07. The molecule has 96 valence electrons. The number of ether oxygens (including phenoxy) is 1. The molecule has 0 N–H and O–H groups in total. The minimum atomic E-state index is 0.0142. The van der Waals surface area contributed by atoms with Crippen LogP contribution in [0.4, 0.5) is 0 Å². The van der Waals surface area contributed by atoms with Crippen LogP contribution in [0.15, 0.2) is 24.3 Å². The van der Waals surface area contributed by atoms with Gasteiger partial charge in [0.05, 0.1) is 6.10 Å². The van der Waals surface area contributed by atoms with Crippen LogP contribution in [0.5, 0.6) is 0 Å². The smallest absolute Gasteiger partial charge is 0.0552 e. The van der Waals surface area contributed by atoms with Gasteiger partial charge >= 0.3 is 0 Å². The average Bonchev–Trinajstić information content (AvgIpc) is 2.35. The molecule has 0 saturated heterocycles. The summed E-state index contributed by atoms with van der Waals surface area (Å²) in [6, 6.07) is 8.05. The summed E-state index contributed by atoms with van der Waals surface area (Å²) in [4.78, 5) is 0. The van der Waals surface area contributed by atoms with Gasteiger partial charge in [0.1, 0.15) is 0 Å². The number of hydrogen-bond acceptors (Lipinski definition) is 1. The molecule has 1 aromatic carbocycles. The fourth-order valence-electron chi connectivity index (χ4n) is 1.87. The van der Waals surface area contributed by atoms with Crippen molar-refractivity contribution in [3.63, 3.8) is 0 Å². The van der Waals surface area contributed by atoms with E-state index in [4.69, 9.17) is 16.3 Å². The van der Waals surface area contributed by atoms with E-state index in [2.05, 4.69) is 44.8 Å². The molecule has 0 bridgehead atoms. The largest absolute Gasteiger partial charge is 0.382 e. The number of rotatable bonds is 6. The van der Waals surface area contributed by atoms with E-state index >= 15 is 0 Å². The number of halogens is 3. The highest BCUT2D eigenvalue weighted by molar-refractivity contribution is 9.09. The van der Waals surface area contributed by atoms with Crippen molar-refractivity contribution in [2.75, 3.05) is 17.8 Å². The molecule has 0 saturated carbocycles. The van der Waals surface area contributed by atoms with E-state index in [1.54, 1.807) is 7.11 Å². The molecule has 0 fully saturated rings. The number of hydrogen-bond donors (Lipinski definition) is 0. The van der Waals surface area contributed by atoms with Gasteiger partial charge in [0, 0.05) is 28.2 Å². The minimum absolute atomic E-state index is 0.0142. The third-order valence-corrected chi connectivity index (χ3v) is 5.41. The molecule has 1 atom stereocenters. The third kappa shape index (κ3) is 3.95. The van der Waals surface area contributed by atoms with Crippen molar-refractivity contribution in [3.05, 3.63) is 34.9 Å².